The van der Waals surface area contributed by atoms with E-state index in [2.05, 4.69) is 6.92 Å². The molecule has 1 unspecified atom stereocenters. The van der Waals surface area contributed by atoms with Crippen molar-refractivity contribution in [1.29, 1.82) is 0 Å². The first-order valence-corrected chi connectivity index (χ1v) is 8.04. The third-order valence-electron chi connectivity index (χ3n) is 4.17. The van der Waals surface area contributed by atoms with Crippen LogP contribution in [0.3, 0.4) is 0 Å². The highest BCUT2D eigenvalue weighted by Crippen LogP contribution is 2.38. The Morgan fingerprint density at radius 1 is 1.04 bits per heavy atom. The van der Waals surface area contributed by atoms with Crippen LogP contribution in [0.4, 0.5) is 0 Å². The van der Waals surface area contributed by atoms with Crippen LogP contribution in [0, 0.1) is 0 Å². The number of rotatable bonds is 5. The van der Waals surface area contributed by atoms with Crippen molar-refractivity contribution in [3.8, 4) is 11.1 Å². The fourth-order valence-corrected chi connectivity index (χ4v) is 2.97. The second-order valence-electron chi connectivity index (χ2n) is 5.59. The maximum absolute atomic E-state index is 12.5. The molecule has 3 nitrogen and oxygen atoms in total. The molecule has 3 heteroatoms. The number of methoxy groups -OCH3 is 1. The smallest absolute Gasteiger partial charge is 0.320 e. The van der Waals surface area contributed by atoms with Crippen molar-refractivity contribution in [2.45, 2.75) is 19.3 Å². The predicted octanol–water partition coefficient (Wildman–Crippen LogP) is 4.81. The van der Waals surface area contributed by atoms with Gasteiger partial charge in [-0.25, -0.2) is 0 Å². The summed E-state index contributed by atoms with van der Waals surface area (Å²) in [5.74, 6) is -0.266. The number of benzene rings is 2. The number of esters is 1. The van der Waals surface area contributed by atoms with Crippen LogP contribution in [0.15, 0.2) is 71.3 Å². The van der Waals surface area contributed by atoms with Crippen LogP contribution in [0.1, 0.15) is 29.7 Å². The lowest BCUT2D eigenvalue weighted by atomic mass is 9.90. The maximum Gasteiger partial charge on any atom is 0.320 e. The third kappa shape index (κ3) is 2.98. The average molecular weight is 320 g/mol. The zero-order valence-electron chi connectivity index (χ0n) is 13.9. The van der Waals surface area contributed by atoms with E-state index in [-0.39, 0.29) is 5.97 Å². The Morgan fingerprint density at radius 2 is 1.67 bits per heavy atom. The molecule has 2 aromatic carbocycles. The van der Waals surface area contributed by atoms with Gasteiger partial charge in [0.1, 0.15) is 11.7 Å². The Balaban J connectivity index is 2.19. The molecule has 3 rings (SSSR count). The highest BCUT2D eigenvalue weighted by atomic mass is 16.5. The van der Waals surface area contributed by atoms with Crippen molar-refractivity contribution in [3.63, 3.8) is 0 Å². The molecule has 0 aliphatic carbocycles. The van der Waals surface area contributed by atoms with Gasteiger partial charge in [-0.1, -0.05) is 67.6 Å². The molecule has 0 N–H and O–H groups in total. The molecule has 0 aliphatic rings. The number of carbonyl (C=O) groups is 1. The molecule has 24 heavy (non-hydrogen) atoms. The van der Waals surface area contributed by atoms with Gasteiger partial charge < -0.3 is 9.15 Å². The summed E-state index contributed by atoms with van der Waals surface area (Å²) in [6, 6.07) is 19.6. The molecule has 0 bridgehead atoms. The van der Waals surface area contributed by atoms with Crippen LogP contribution in [-0.2, 0) is 16.0 Å². The zero-order valence-corrected chi connectivity index (χ0v) is 13.9. The summed E-state index contributed by atoms with van der Waals surface area (Å²) < 4.78 is 10.9. The van der Waals surface area contributed by atoms with E-state index in [1.807, 2.05) is 60.7 Å². The number of hydrogen-bond acceptors (Lipinski definition) is 3. The summed E-state index contributed by atoms with van der Waals surface area (Å²) in [6.45, 7) is 2.08. The van der Waals surface area contributed by atoms with Gasteiger partial charge in [-0.2, -0.15) is 0 Å². The van der Waals surface area contributed by atoms with Gasteiger partial charge in [-0.05, 0) is 23.1 Å². The van der Waals surface area contributed by atoms with Crippen molar-refractivity contribution >= 4 is 5.97 Å². The second-order valence-corrected chi connectivity index (χ2v) is 5.59. The highest BCUT2D eigenvalue weighted by molar-refractivity contribution is 5.85. The molecule has 0 saturated carbocycles. The van der Waals surface area contributed by atoms with Gasteiger partial charge in [0, 0.05) is 5.56 Å². The molecular formula is C21H20O3. The van der Waals surface area contributed by atoms with Gasteiger partial charge in [0.15, 0.2) is 0 Å². The fourth-order valence-electron chi connectivity index (χ4n) is 2.97. The summed E-state index contributed by atoms with van der Waals surface area (Å²) in [6.07, 6.45) is 2.58. The first kappa shape index (κ1) is 16.1. The molecular weight excluding hydrogens is 300 g/mol. The summed E-state index contributed by atoms with van der Waals surface area (Å²) >= 11 is 0. The minimum absolute atomic E-state index is 0.324. The molecule has 0 aliphatic heterocycles. The zero-order chi connectivity index (χ0) is 16.9. The normalized spacial score (nSPS) is 11.9. The van der Waals surface area contributed by atoms with E-state index in [4.69, 9.17) is 9.15 Å². The SMILES string of the molecule is CCc1coc(C(C(=O)OC)c2ccccc2)c1-c1ccccc1. The molecule has 0 amide bonds. The quantitative estimate of drug-likeness (QED) is 0.633. The lowest BCUT2D eigenvalue weighted by Crippen LogP contribution is -2.16. The minimum Gasteiger partial charge on any atom is -0.468 e. The van der Waals surface area contributed by atoms with Crippen LogP contribution in [0.25, 0.3) is 11.1 Å². The van der Waals surface area contributed by atoms with Gasteiger partial charge in [0.05, 0.1) is 13.4 Å². The van der Waals surface area contributed by atoms with E-state index >= 15 is 0 Å². The maximum atomic E-state index is 12.5. The molecule has 1 atom stereocenters. The Kier molecular flexibility index (Phi) is 4.80. The molecule has 1 heterocycles. The Morgan fingerprint density at radius 3 is 2.25 bits per heavy atom. The summed E-state index contributed by atoms with van der Waals surface area (Å²) in [5, 5.41) is 0. The Bertz CT molecular complexity index is 804. The topological polar surface area (TPSA) is 39.4 Å². The predicted molar refractivity (Wildman–Crippen MR) is 93.8 cm³/mol. The standard InChI is InChI=1S/C21H20O3/c1-3-15-14-24-20(18(15)16-10-6-4-7-11-16)19(21(22)23-2)17-12-8-5-9-13-17/h4-14,19H,3H2,1-2H3. The van der Waals surface area contributed by atoms with E-state index in [1.165, 1.54) is 7.11 Å². The Labute approximate surface area is 141 Å². The summed E-state index contributed by atoms with van der Waals surface area (Å²) in [5.41, 5.74) is 3.97. The van der Waals surface area contributed by atoms with E-state index in [0.29, 0.717) is 5.76 Å². The van der Waals surface area contributed by atoms with Crippen molar-refractivity contribution in [2.24, 2.45) is 0 Å². The number of carbonyl (C=O) groups excluding carboxylic acids is 1. The van der Waals surface area contributed by atoms with Crippen LogP contribution in [-0.4, -0.2) is 13.1 Å². The summed E-state index contributed by atoms with van der Waals surface area (Å²) in [4.78, 5) is 12.5. The first-order chi connectivity index (χ1) is 11.8. The second kappa shape index (κ2) is 7.18. The molecule has 1 aromatic heterocycles. The van der Waals surface area contributed by atoms with Gasteiger partial charge >= 0.3 is 5.97 Å². The van der Waals surface area contributed by atoms with Crippen LogP contribution in [0.2, 0.25) is 0 Å². The van der Waals surface area contributed by atoms with Crippen LogP contribution in [0.5, 0.6) is 0 Å². The molecule has 122 valence electrons. The van der Waals surface area contributed by atoms with Crippen LogP contribution >= 0.6 is 0 Å². The molecule has 0 fully saturated rings. The minimum atomic E-state index is -0.577. The van der Waals surface area contributed by atoms with Gasteiger partial charge in [0.25, 0.3) is 0 Å². The van der Waals surface area contributed by atoms with Gasteiger partial charge in [0.2, 0.25) is 0 Å². The van der Waals surface area contributed by atoms with Crippen LogP contribution < -0.4 is 0 Å². The Hall–Kier alpha value is -2.81. The monoisotopic (exact) mass is 320 g/mol. The van der Waals surface area contributed by atoms with Gasteiger partial charge in [-0.15, -0.1) is 0 Å². The molecule has 0 radical (unpaired) electrons. The number of furan rings is 1. The molecule has 0 saturated heterocycles. The summed E-state index contributed by atoms with van der Waals surface area (Å²) in [7, 11) is 1.41. The van der Waals surface area contributed by atoms with Crippen molar-refractivity contribution in [3.05, 3.63) is 83.8 Å². The van der Waals surface area contributed by atoms with Crippen molar-refractivity contribution < 1.29 is 13.9 Å². The van der Waals surface area contributed by atoms with E-state index in [9.17, 15) is 4.79 Å². The van der Waals surface area contributed by atoms with Crippen molar-refractivity contribution in [1.82, 2.24) is 0 Å². The third-order valence-corrected chi connectivity index (χ3v) is 4.17. The number of hydrogen-bond donors (Lipinski definition) is 0. The van der Waals surface area contributed by atoms with Crippen molar-refractivity contribution in [2.75, 3.05) is 7.11 Å². The lowest BCUT2D eigenvalue weighted by molar-refractivity contribution is -0.141. The molecule has 3 aromatic rings. The van der Waals surface area contributed by atoms with E-state index in [0.717, 1.165) is 28.7 Å². The first-order valence-electron chi connectivity index (χ1n) is 8.04. The fraction of sp³-hybridized carbons (Fsp3) is 0.190. The largest absolute Gasteiger partial charge is 0.468 e. The highest BCUT2D eigenvalue weighted by Gasteiger charge is 2.31. The van der Waals surface area contributed by atoms with E-state index in [1.54, 1.807) is 6.26 Å². The number of ether oxygens (including phenoxy) is 1. The van der Waals surface area contributed by atoms with Gasteiger partial charge in [-0.3, -0.25) is 4.79 Å². The van der Waals surface area contributed by atoms with E-state index < -0.39 is 5.92 Å². The number of aryl methyl sites for hydroxylation is 1. The molecule has 0 spiro atoms. The average Bonchev–Trinajstić information content (AvgIpc) is 3.07. The lowest BCUT2D eigenvalue weighted by Gasteiger charge is -2.15.